The standard InChI is InChI=1S/C10H10N2O/c1-6-8(5-11)3-4-9(12)10(6)7(2)13/h3-4H,12H2,1-2H3. The third-order valence-electron chi connectivity index (χ3n) is 1.97. The number of carbonyl (C=O) groups excluding carboxylic acids is 1. The minimum absolute atomic E-state index is 0.105. The summed E-state index contributed by atoms with van der Waals surface area (Å²) in [6.45, 7) is 3.17. The zero-order valence-electron chi connectivity index (χ0n) is 7.59. The molecule has 0 aliphatic heterocycles. The molecule has 1 rings (SSSR count). The van der Waals surface area contributed by atoms with Gasteiger partial charge in [0.25, 0.3) is 0 Å². The Hall–Kier alpha value is -1.82. The fourth-order valence-electron chi connectivity index (χ4n) is 1.32. The Morgan fingerprint density at radius 1 is 1.54 bits per heavy atom. The Labute approximate surface area is 76.8 Å². The third kappa shape index (κ3) is 1.52. The fraction of sp³-hybridized carbons (Fsp3) is 0.200. The molecular weight excluding hydrogens is 164 g/mol. The minimum atomic E-state index is -0.105. The monoisotopic (exact) mass is 174 g/mol. The summed E-state index contributed by atoms with van der Waals surface area (Å²) in [5.41, 5.74) is 7.67. The first-order valence-corrected chi connectivity index (χ1v) is 3.88. The van der Waals surface area contributed by atoms with Crippen molar-refractivity contribution < 1.29 is 4.79 Å². The van der Waals surface area contributed by atoms with Gasteiger partial charge in [0, 0.05) is 11.3 Å². The average Bonchev–Trinajstić information content (AvgIpc) is 2.04. The molecule has 0 heterocycles. The SMILES string of the molecule is CC(=O)c1c(N)ccc(C#N)c1C. The summed E-state index contributed by atoms with van der Waals surface area (Å²) in [5.74, 6) is -0.105. The number of carbonyl (C=O) groups is 1. The summed E-state index contributed by atoms with van der Waals surface area (Å²) in [6.07, 6.45) is 0. The highest BCUT2D eigenvalue weighted by molar-refractivity contribution is 6.01. The molecule has 1 aromatic rings. The predicted molar refractivity (Wildman–Crippen MR) is 50.3 cm³/mol. The number of hydrogen-bond donors (Lipinski definition) is 1. The molecule has 0 fully saturated rings. The largest absolute Gasteiger partial charge is 0.398 e. The molecule has 3 nitrogen and oxygen atoms in total. The van der Waals surface area contributed by atoms with E-state index in [1.807, 2.05) is 6.07 Å². The summed E-state index contributed by atoms with van der Waals surface area (Å²) in [5, 5.41) is 8.71. The van der Waals surface area contributed by atoms with Crippen LogP contribution in [-0.2, 0) is 0 Å². The highest BCUT2D eigenvalue weighted by Gasteiger charge is 2.11. The molecule has 66 valence electrons. The van der Waals surface area contributed by atoms with Crippen molar-refractivity contribution in [3.05, 3.63) is 28.8 Å². The lowest BCUT2D eigenvalue weighted by Gasteiger charge is -2.06. The lowest BCUT2D eigenvalue weighted by Crippen LogP contribution is -2.04. The molecule has 0 aliphatic rings. The van der Waals surface area contributed by atoms with E-state index in [1.54, 1.807) is 19.1 Å². The number of nitrogens with zero attached hydrogens (tertiary/aromatic N) is 1. The van der Waals surface area contributed by atoms with E-state index in [1.165, 1.54) is 6.92 Å². The second-order valence-corrected chi connectivity index (χ2v) is 2.87. The van der Waals surface area contributed by atoms with Gasteiger partial charge in [-0.25, -0.2) is 0 Å². The van der Waals surface area contributed by atoms with Gasteiger partial charge in [-0.1, -0.05) is 0 Å². The number of anilines is 1. The molecule has 2 N–H and O–H groups in total. The lowest BCUT2D eigenvalue weighted by atomic mass is 9.99. The van der Waals surface area contributed by atoms with Crippen LogP contribution in [0.5, 0.6) is 0 Å². The molecule has 0 saturated heterocycles. The van der Waals surface area contributed by atoms with Crippen LogP contribution in [0, 0.1) is 18.3 Å². The maximum atomic E-state index is 11.2. The number of ketones is 1. The van der Waals surface area contributed by atoms with E-state index >= 15 is 0 Å². The Morgan fingerprint density at radius 3 is 2.62 bits per heavy atom. The van der Waals surface area contributed by atoms with E-state index in [4.69, 9.17) is 11.0 Å². The van der Waals surface area contributed by atoms with Crippen LogP contribution in [-0.4, -0.2) is 5.78 Å². The Morgan fingerprint density at radius 2 is 2.15 bits per heavy atom. The van der Waals surface area contributed by atoms with Crippen molar-refractivity contribution in [1.82, 2.24) is 0 Å². The van der Waals surface area contributed by atoms with Gasteiger partial charge < -0.3 is 5.73 Å². The summed E-state index contributed by atoms with van der Waals surface area (Å²) >= 11 is 0. The Kier molecular flexibility index (Phi) is 2.34. The average molecular weight is 174 g/mol. The van der Waals surface area contributed by atoms with Crippen molar-refractivity contribution in [3.63, 3.8) is 0 Å². The summed E-state index contributed by atoms with van der Waals surface area (Å²) < 4.78 is 0. The van der Waals surface area contributed by atoms with Gasteiger partial charge >= 0.3 is 0 Å². The normalized spacial score (nSPS) is 9.31. The number of nitrogens with two attached hydrogens (primary N) is 1. The van der Waals surface area contributed by atoms with Crippen LogP contribution in [0.4, 0.5) is 5.69 Å². The molecule has 3 heteroatoms. The zero-order valence-corrected chi connectivity index (χ0v) is 7.59. The van der Waals surface area contributed by atoms with Crippen molar-refractivity contribution in [3.8, 4) is 6.07 Å². The summed E-state index contributed by atoms with van der Waals surface area (Å²) in [7, 11) is 0. The molecule has 0 aliphatic carbocycles. The Bertz CT molecular complexity index is 402. The van der Waals surface area contributed by atoms with Crippen LogP contribution in [0.15, 0.2) is 12.1 Å². The lowest BCUT2D eigenvalue weighted by molar-refractivity contribution is 0.101. The second kappa shape index (κ2) is 3.28. The third-order valence-corrected chi connectivity index (χ3v) is 1.97. The number of benzene rings is 1. The summed E-state index contributed by atoms with van der Waals surface area (Å²) in [6, 6.07) is 5.22. The molecule has 0 amide bonds. The van der Waals surface area contributed by atoms with Crippen molar-refractivity contribution in [1.29, 1.82) is 5.26 Å². The fourth-order valence-corrected chi connectivity index (χ4v) is 1.32. The minimum Gasteiger partial charge on any atom is -0.398 e. The van der Waals surface area contributed by atoms with Crippen LogP contribution in [0.3, 0.4) is 0 Å². The van der Waals surface area contributed by atoms with Crippen LogP contribution in [0.25, 0.3) is 0 Å². The predicted octanol–water partition coefficient (Wildman–Crippen LogP) is 1.65. The molecule has 0 saturated carbocycles. The van der Waals surface area contributed by atoms with E-state index < -0.39 is 0 Å². The number of Topliss-reactive ketones (excluding diaryl/α,β-unsaturated/α-hetero) is 1. The molecule has 0 bridgehead atoms. The van der Waals surface area contributed by atoms with Gasteiger partial charge in [0.15, 0.2) is 5.78 Å². The maximum absolute atomic E-state index is 11.2. The molecule has 0 unspecified atom stereocenters. The van der Waals surface area contributed by atoms with E-state index in [-0.39, 0.29) is 5.78 Å². The maximum Gasteiger partial charge on any atom is 0.162 e. The quantitative estimate of drug-likeness (QED) is 0.520. The van der Waals surface area contributed by atoms with Crippen molar-refractivity contribution >= 4 is 11.5 Å². The molecule has 0 spiro atoms. The van der Waals surface area contributed by atoms with Crippen LogP contribution < -0.4 is 5.73 Å². The number of hydrogen-bond acceptors (Lipinski definition) is 3. The van der Waals surface area contributed by atoms with Gasteiger partial charge in [0.1, 0.15) is 0 Å². The van der Waals surface area contributed by atoms with Crippen molar-refractivity contribution in [2.75, 3.05) is 5.73 Å². The van der Waals surface area contributed by atoms with E-state index in [2.05, 4.69) is 0 Å². The van der Waals surface area contributed by atoms with E-state index in [0.717, 1.165) is 0 Å². The van der Waals surface area contributed by atoms with Crippen LogP contribution in [0.1, 0.15) is 28.4 Å². The first-order chi connectivity index (χ1) is 6.07. The van der Waals surface area contributed by atoms with Gasteiger partial charge in [-0.3, -0.25) is 4.79 Å². The Balaban J connectivity index is 3.50. The number of nitriles is 1. The smallest absolute Gasteiger partial charge is 0.162 e. The molecular formula is C10H10N2O. The van der Waals surface area contributed by atoms with E-state index in [9.17, 15) is 4.79 Å². The van der Waals surface area contributed by atoms with Crippen LogP contribution in [0.2, 0.25) is 0 Å². The molecule has 1 aromatic carbocycles. The van der Waals surface area contributed by atoms with Gasteiger partial charge in [0.2, 0.25) is 0 Å². The first-order valence-electron chi connectivity index (χ1n) is 3.88. The van der Waals surface area contributed by atoms with Gasteiger partial charge in [-0.15, -0.1) is 0 Å². The molecule has 0 radical (unpaired) electrons. The van der Waals surface area contributed by atoms with Gasteiger partial charge in [-0.05, 0) is 31.5 Å². The first kappa shape index (κ1) is 9.27. The zero-order chi connectivity index (χ0) is 10.0. The van der Waals surface area contributed by atoms with Crippen LogP contribution >= 0.6 is 0 Å². The van der Waals surface area contributed by atoms with E-state index in [0.29, 0.717) is 22.4 Å². The van der Waals surface area contributed by atoms with Gasteiger partial charge in [-0.2, -0.15) is 5.26 Å². The second-order valence-electron chi connectivity index (χ2n) is 2.87. The topological polar surface area (TPSA) is 66.9 Å². The number of nitrogen functional groups attached to an aromatic ring is 1. The van der Waals surface area contributed by atoms with Crippen molar-refractivity contribution in [2.24, 2.45) is 0 Å². The molecule has 0 aromatic heterocycles. The van der Waals surface area contributed by atoms with Crippen molar-refractivity contribution in [2.45, 2.75) is 13.8 Å². The highest BCUT2D eigenvalue weighted by atomic mass is 16.1. The highest BCUT2D eigenvalue weighted by Crippen LogP contribution is 2.20. The molecule has 0 atom stereocenters. The van der Waals surface area contributed by atoms with Gasteiger partial charge in [0.05, 0.1) is 11.6 Å². The molecule has 13 heavy (non-hydrogen) atoms. The summed E-state index contributed by atoms with van der Waals surface area (Å²) in [4.78, 5) is 11.2. The number of rotatable bonds is 1.